The van der Waals surface area contributed by atoms with Crippen LogP contribution in [0.15, 0.2) is 12.2 Å². The van der Waals surface area contributed by atoms with E-state index in [1.807, 2.05) is 47.6 Å². The zero-order valence-electron chi connectivity index (χ0n) is 65.6. The lowest BCUT2D eigenvalue weighted by Crippen LogP contribution is -2.63. The summed E-state index contributed by atoms with van der Waals surface area (Å²) < 4.78 is 22.2. The number of hydrogen-bond donors (Lipinski definition) is 5. The molecule has 0 aliphatic carbocycles. The van der Waals surface area contributed by atoms with Gasteiger partial charge in [0.15, 0.2) is 0 Å². The molecule has 0 aliphatic heterocycles. The van der Waals surface area contributed by atoms with Crippen LogP contribution < -0.4 is 26.6 Å². The largest absolute Gasteiger partial charge is 0.462 e. The van der Waals surface area contributed by atoms with Gasteiger partial charge in [-0.2, -0.15) is 0 Å². The Labute approximate surface area is 596 Å². The normalized spacial score (nSPS) is 15.6. The van der Waals surface area contributed by atoms with Crippen LogP contribution in [0, 0.1) is 41.4 Å². The minimum absolute atomic E-state index is 0.0413. The minimum Gasteiger partial charge on any atom is -0.462 e. The molecule has 29 nitrogen and oxygen atoms in total. The Hall–Kier alpha value is -7.27. The second-order valence-electron chi connectivity index (χ2n) is 28.5. The van der Waals surface area contributed by atoms with Gasteiger partial charge in [0.25, 0.3) is 0 Å². The van der Waals surface area contributed by atoms with E-state index in [1.54, 1.807) is 75.6 Å². The predicted molar refractivity (Wildman–Crippen MR) is 381 cm³/mol. The third-order valence-electron chi connectivity index (χ3n) is 18.0. The Bertz CT molecular complexity index is 2720. The summed E-state index contributed by atoms with van der Waals surface area (Å²) in [5, 5.41) is 13.8. The summed E-state index contributed by atoms with van der Waals surface area (Å²) in [7, 11) is 14.6. The summed E-state index contributed by atoms with van der Waals surface area (Å²) in [6.07, 6.45) is 3.05. The molecular formula is C71H128N12O17. The Morgan fingerprint density at radius 3 is 1.35 bits per heavy atom. The van der Waals surface area contributed by atoms with Crippen molar-refractivity contribution in [3.05, 3.63) is 12.2 Å². The van der Waals surface area contributed by atoms with Crippen LogP contribution in [0.3, 0.4) is 0 Å². The summed E-state index contributed by atoms with van der Waals surface area (Å²) in [4.78, 5) is 193. The average Bonchev–Trinajstić information content (AvgIpc) is 0.800. The van der Waals surface area contributed by atoms with Crippen LogP contribution in [0.5, 0.6) is 0 Å². The van der Waals surface area contributed by atoms with Crippen LogP contribution in [-0.2, 0) is 81.3 Å². The van der Waals surface area contributed by atoms with Gasteiger partial charge in [-0.3, -0.25) is 57.5 Å². The van der Waals surface area contributed by atoms with Crippen molar-refractivity contribution in [2.75, 3.05) is 97.0 Å². The lowest BCUT2D eigenvalue weighted by Gasteiger charge is -2.42. The Morgan fingerprint density at radius 1 is 0.470 bits per heavy atom. The third-order valence-corrected chi connectivity index (χ3v) is 18.0. The third kappa shape index (κ3) is 28.3. The van der Waals surface area contributed by atoms with Crippen LogP contribution in [0.4, 0.5) is 0 Å². The van der Waals surface area contributed by atoms with Gasteiger partial charge in [0.05, 0.1) is 25.8 Å². The zero-order valence-corrected chi connectivity index (χ0v) is 65.6. The number of nitrogens with one attached hydrogen (secondary N) is 5. The van der Waals surface area contributed by atoms with Gasteiger partial charge in [0, 0.05) is 83.3 Å². The molecule has 0 saturated heterocycles. The number of carbonyl (C=O) groups is 13. The molecule has 100 heavy (non-hydrogen) atoms. The number of carbonyl (C=O) groups excluding carboxylic acids is 13. The molecule has 11 amide bonds. The van der Waals surface area contributed by atoms with Crippen molar-refractivity contribution in [3.8, 4) is 0 Å². The van der Waals surface area contributed by atoms with E-state index in [4.69, 9.17) is 18.9 Å². The molecule has 0 aromatic rings. The SMILES string of the molecule is C/C=C/C[C@@H](C)[C@@H](OC(C)=O)[C@@H](C(=O)N[C@@H](CC)C(=O)OCCN(C)C(C)=O)N(C)C(=O)[C@H](C(C)C)N(C)C(=O)[C@H](CC(C)C)N(C)C(=O)[C@H](CC(C)C)N(C)C(=O)[C@@H](C)NC(=O)[C@H](C)NC(=O)[C@H](CC(C)C)N(C)C(=O)[C@@H](NC(=O)[C@H](C(COC)COC)N(C)C(=O)[C@@H](C)NC)C(C)C. The lowest BCUT2D eigenvalue weighted by molar-refractivity contribution is -0.164. The monoisotopic (exact) mass is 1420 g/mol. The molecular weight excluding hydrogens is 1290 g/mol. The summed E-state index contributed by atoms with van der Waals surface area (Å²) in [6, 6.07) is -13.2. The first-order valence-corrected chi connectivity index (χ1v) is 35.0. The second kappa shape index (κ2) is 44.9. The summed E-state index contributed by atoms with van der Waals surface area (Å²) in [6.45, 7) is 30.2. The first-order valence-electron chi connectivity index (χ1n) is 35.0. The molecule has 5 N–H and O–H groups in total. The fourth-order valence-corrected chi connectivity index (χ4v) is 11.8. The second-order valence-corrected chi connectivity index (χ2v) is 28.5. The molecule has 29 heteroatoms. The number of ether oxygens (including phenoxy) is 4. The summed E-state index contributed by atoms with van der Waals surface area (Å²) >= 11 is 0. The predicted octanol–water partition coefficient (Wildman–Crippen LogP) is 2.86. The van der Waals surface area contributed by atoms with Gasteiger partial charge >= 0.3 is 11.9 Å². The van der Waals surface area contributed by atoms with Crippen molar-refractivity contribution in [2.45, 2.75) is 229 Å². The zero-order chi connectivity index (χ0) is 77.7. The Balaban J connectivity index is 7.23. The van der Waals surface area contributed by atoms with E-state index in [0.29, 0.717) is 6.42 Å². The molecule has 0 radical (unpaired) electrons. The average molecular weight is 1420 g/mol. The number of likely N-dealkylation sites (N-methyl/N-ethyl adjacent to an activating group) is 8. The van der Waals surface area contributed by atoms with Crippen LogP contribution in [0.1, 0.15) is 157 Å². The van der Waals surface area contributed by atoms with E-state index in [0.717, 1.165) is 4.90 Å². The quantitative estimate of drug-likeness (QED) is 0.0432. The number of amides is 11. The molecule has 0 aliphatic rings. The van der Waals surface area contributed by atoms with Crippen molar-refractivity contribution < 1.29 is 81.3 Å². The van der Waals surface area contributed by atoms with Crippen LogP contribution in [-0.4, -0.2) is 281 Å². The molecule has 0 unspecified atom stereocenters. The maximum atomic E-state index is 15.3. The molecule has 0 aromatic heterocycles. The molecule has 0 rings (SSSR count). The molecule has 0 fully saturated rings. The van der Waals surface area contributed by atoms with E-state index in [2.05, 4.69) is 26.6 Å². The van der Waals surface area contributed by atoms with Gasteiger partial charge < -0.3 is 79.8 Å². The fourth-order valence-electron chi connectivity index (χ4n) is 11.8. The van der Waals surface area contributed by atoms with E-state index in [-0.39, 0.29) is 75.7 Å². The molecule has 0 spiro atoms. The van der Waals surface area contributed by atoms with Crippen molar-refractivity contribution in [1.82, 2.24) is 60.9 Å². The first-order chi connectivity index (χ1) is 46.4. The number of nitrogens with zero attached hydrogens (tertiary/aromatic N) is 7. The topological polar surface area (TPSA) is 342 Å². The lowest BCUT2D eigenvalue weighted by atomic mass is 9.91. The minimum atomic E-state index is -1.57. The number of esters is 2. The smallest absolute Gasteiger partial charge is 0.328 e. The van der Waals surface area contributed by atoms with Gasteiger partial charge in [0.2, 0.25) is 65.0 Å². The number of methoxy groups -OCH3 is 2. The van der Waals surface area contributed by atoms with E-state index in [9.17, 15) is 47.9 Å². The Morgan fingerprint density at radius 2 is 0.910 bits per heavy atom. The van der Waals surface area contributed by atoms with Crippen molar-refractivity contribution in [2.24, 2.45) is 41.4 Å². The fraction of sp³-hybridized carbons (Fsp3) is 0.789. The maximum Gasteiger partial charge on any atom is 0.328 e. The van der Waals surface area contributed by atoms with Gasteiger partial charge in [-0.05, 0) is 102 Å². The number of rotatable bonds is 44. The van der Waals surface area contributed by atoms with E-state index in [1.165, 1.54) is 114 Å². The summed E-state index contributed by atoms with van der Waals surface area (Å²) in [5.74, 6) is -11.3. The summed E-state index contributed by atoms with van der Waals surface area (Å²) in [5.41, 5.74) is 0. The Kier molecular flexibility index (Phi) is 41.6. The molecule has 574 valence electrons. The maximum absolute atomic E-state index is 15.3. The van der Waals surface area contributed by atoms with Gasteiger partial charge in [-0.25, -0.2) is 4.79 Å². The highest BCUT2D eigenvalue weighted by Crippen LogP contribution is 2.27. The highest BCUT2D eigenvalue weighted by atomic mass is 16.5. The van der Waals surface area contributed by atoms with Crippen molar-refractivity contribution in [3.63, 3.8) is 0 Å². The molecule has 13 atom stereocenters. The first kappa shape index (κ1) is 92.7. The van der Waals surface area contributed by atoms with Crippen LogP contribution >= 0.6 is 0 Å². The molecule has 0 bridgehead atoms. The van der Waals surface area contributed by atoms with Crippen LogP contribution in [0.2, 0.25) is 0 Å². The number of hydrogen-bond acceptors (Lipinski definition) is 18. The van der Waals surface area contributed by atoms with Crippen LogP contribution in [0.25, 0.3) is 0 Å². The molecule has 0 heterocycles. The standard InChI is InChI=1S/C71H128N12O17/c1-29-31-32-45(13)60(100-50(18)85)59(64(89)75-52(30-2)71(96)99-34-33-77(20)49(17)84)83(26)70(95)57(44(11)12)81(24)68(93)55(37-42(7)8)80(23)67(92)54(36-41(5)6)79(22)66(91)48(16)74-61(86)46(14)73-62(87)53(35-40(3)4)78(21)69(94)56(43(9)10)76-63(88)58(51(38-97-27)39-98-28)82(25)65(90)47(15)72-19/h29,31,40-48,51-60,72H,30,32-39H2,1-28H3,(H,73,87)(H,74,86)(H,75,89)(H,76,88)/b31-29+/t45-,46+,47-,48-,52+,53+,54+,55+,56+,57+,58+,59+,60-/m1/s1. The highest BCUT2D eigenvalue weighted by molar-refractivity contribution is 5.99. The number of allylic oxidation sites excluding steroid dienone is 2. The van der Waals surface area contributed by atoms with E-state index < -0.39 is 167 Å². The van der Waals surface area contributed by atoms with Gasteiger partial charge in [-0.1, -0.05) is 95.2 Å². The molecule has 0 saturated carbocycles. The van der Waals surface area contributed by atoms with Crippen molar-refractivity contribution >= 4 is 76.9 Å². The van der Waals surface area contributed by atoms with E-state index >= 15 is 14.4 Å². The van der Waals surface area contributed by atoms with Gasteiger partial charge in [-0.15, -0.1) is 0 Å². The highest BCUT2D eigenvalue weighted by Gasteiger charge is 2.47. The van der Waals surface area contributed by atoms with Gasteiger partial charge in [0.1, 0.15) is 73.1 Å². The molecule has 0 aromatic carbocycles. The van der Waals surface area contributed by atoms with Crippen molar-refractivity contribution in [1.29, 1.82) is 0 Å².